The van der Waals surface area contributed by atoms with Gasteiger partial charge in [-0.2, -0.15) is 10.4 Å². The molecular weight excluding hydrogens is 579 g/mol. The van der Waals surface area contributed by atoms with Crippen molar-refractivity contribution in [2.24, 2.45) is 5.92 Å². The standard InChI is InChI=1S/C32H35FN8O4/c1-32(2,44)28(33)19-37-31(43)24-18-35-26(27-6-5-23-12-21(15-34)16-38-41(23)27)14-25(24)39-22-4-7-29(36-17-22)40-10-8-20(9-11-40)13-30(42)45-3/h4-7,12,14,16-18,20,28,44H,8-11,13,19H2,1-3H3,(H,35,39)(H,37,43)/t28-/m1/s1. The molecule has 1 saturated heterocycles. The van der Waals surface area contributed by atoms with Crippen LogP contribution in [0.1, 0.15) is 49.0 Å². The largest absolute Gasteiger partial charge is 0.469 e. The van der Waals surface area contributed by atoms with E-state index in [2.05, 4.69) is 36.7 Å². The first-order valence-electron chi connectivity index (χ1n) is 14.6. The van der Waals surface area contributed by atoms with E-state index >= 15 is 0 Å². The van der Waals surface area contributed by atoms with E-state index in [-0.39, 0.29) is 24.0 Å². The number of ether oxygens (including phenoxy) is 1. The highest BCUT2D eigenvalue weighted by molar-refractivity contribution is 6.00. The SMILES string of the molecule is COC(=O)CC1CCN(c2ccc(Nc3cc(-c4ccc5cc(C#N)cnn45)ncc3C(=O)NC[C@@H](F)C(C)(C)O)cn2)CC1. The van der Waals surface area contributed by atoms with Crippen molar-refractivity contribution in [3.8, 4) is 17.5 Å². The molecule has 0 aliphatic carbocycles. The topological polar surface area (TPSA) is 158 Å². The number of hydrogen-bond acceptors (Lipinski definition) is 10. The van der Waals surface area contributed by atoms with Gasteiger partial charge in [0.15, 0.2) is 0 Å². The lowest BCUT2D eigenvalue weighted by atomic mass is 9.93. The van der Waals surface area contributed by atoms with Gasteiger partial charge < -0.3 is 25.4 Å². The van der Waals surface area contributed by atoms with Gasteiger partial charge in [-0.25, -0.2) is 13.9 Å². The molecular formula is C32H35FN8O4. The van der Waals surface area contributed by atoms with Gasteiger partial charge in [-0.1, -0.05) is 0 Å². The maximum Gasteiger partial charge on any atom is 0.305 e. The van der Waals surface area contributed by atoms with E-state index in [0.29, 0.717) is 40.3 Å². The summed E-state index contributed by atoms with van der Waals surface area (Å²) in [5.74, 6) is 0.330. The number of nitriles is 1. The van der Waals surface area contributed by atoms with Gasteiger partial charge in [-0.3, -0.25) is 14.6 Å². The summed E-state index contributed by atoms with van der Waals surface area (Å²) in [6.07, 6.45) is 5.00. The van der Waals surface area contributed by atoms with Crippen LogP contribution >= 0.6 is 0 Å². The van der Waals surface area contributed by atoms with Crippen molar-refractivity contribution < 1.29 is 23.8 Å². The molecule has 0 spiro atoms. The number of esters is 1. The molecule has 45 heavy (non-hydrogen) atoms. The summed E-state index contributed by atoms with van der Waals surface area (Å²) in [5.41, 5.74) is 1.84. The molecule has 13 heteroatoms. The average molecular weight is 615 g/mol. The summed E-state index contributed by atoms with van der Waals surface area (Å²) in [5, 5.41) is 29.3. The van der Waals surface area contributed by atoms with E-state index in [1.807, 2.05) is 24.3 Å². The number of halogens is 1. The number of aromatic nitrogens is 4. The van der Waals surface area contributed by atoms with Crippen LogP contribution in [0.15, 0.2) is 55.0 Å². The number of anilines is 3. The number of carbonyl (C=O) groups is 2. The molecule has 1 amide bonds. The Balaban J connectivity index is 1.38. The van der Waals surface area contributed by atoms with Gasteiger partial charge in [-0.05, 0) is 69.0 Å². The zero-order chi connectivity index (χ0) is 32.1. The van der Waals surface area contributed by atoms with Gasteiger partial charge in [0.05, 0.1) is 71.1 Å². The summed E-state index contributed by atoms with van der Waals surface area (Å²) in [4.78, 5) is 36.1. The Morgan fingerprint density at radius 3 is 2.60 bits per heavy atom. The number of nitrogens with one attached hydrogen (secondary N) is 2. The molecule has 5 heterocycles. The minimum atomic E-state index is -1.68. The van der Waals surface area contributed by atoms with Crippen molar-refractivity contribution >= 4 is 34.6 Å². The van der Waals surface area contributed by atoms with E-state index < -0.39 is 17.7 Å². The van der Waals surface area contributed by atoms with Crippen molar-refractivity contribution in [1.82, 2.24) is 24.9 Å². The molecule has 1 fully saturated rings. The number of carbonyl (C=O) groups excluding carboxylic acids is 2. The van der Waals surface area contributed by atoms with Gasteiger partial charge in [0.25, 0.3) is 5.91 Å². The molecule has 1 atom stereocenters. The Morgan fingerprint density at radius 1 is 1.16 bits per heavy atom. The Labute approximate surface area is 259 Å². The lowest BCUT2D eigenvalue weighted by Gasteiger charge is -2.32. The number of amides is 1. The van der Waals surface area contributed by atoms with Crippen LogP contribution in [0, 0.1) is 17.2 Å². The first kappa shape index (κ1) is 31.3. The molecule has 4 aromatic rings. The molecule has 0 unspecified atom stereocenters. The van der Waals surface area contributed by atoms with Crippen LogP contribution in [0.2, 0.25) is 0 Å². The number of pyridine rings is 2. The summed E-state index contributed by atoms with van der Waals surface area (Å²) in [6, 6.07) is 12.9. The first-order valence-corrected chi connectivity index (χ1v) is 14.6. The smallest absolute Gasteiger partial charge is 0.305 e. The third-order valence-corrected chi connectivity index (χ3v) is 7.90. The highest BCUT2D eigenvalue weighted by Gasteiger charge is 2.28. The number of alkyl halides is 1. The second-order valence-corrected chi connectivity index (χ2v) is 11.6. The minimum Gasteiger partial charge on any atom is -0.469 e. The molecule has 0 aromatic carbocycles. The van der Waals surface area contributed by atoms with Crippen LogP contribution < -0.4 is 15.5 Å². The Morgan fingerprint density at radius 2 is 1.93 bits per heavy atom. The Kier molecular flexibility index (Phi) is 9.24. The van der Waals surface area contributed by atoms with Crippen molar-refractivity contribution in [2.45, 2.75) is 44.9 Å². The third kappa shape index (κ3) is 7.35. The fourth-order valence-corrected chi connectivity index (χ4v) is 5.15. The van der Waals surface area contributed by atoms with Crippen molar-refractivity contribution in [3.63, 3.8) is 0 Å². The highest BCUT2D eigenvalue weighted by Crippen LogP contribution is 2.29. The molecule has 1 aliphatic heterocycles. The van der Waals surface area contributed by atoms with Crippen molar-refractivity contribution in [2.75, 3.05) is 37.0 Å². The molecule has 0 saturated carbocycles. The van der Waals surface area contributed by atoms with Crippen molar-refractivity contribution in [1.29, 1.82) is 5.26 Å². The van der Waals surface area contributed by atoms with Gasteiger partial charge in [0.2, 0.25) is 0 Å². The second kappa shape index (κ2) is 13.3. The van der Waals surface area contributed by atoms with E-state index in [1.54, 1.807) is 22.8 Å². The number of fused-ring (bicyclic) bond motifs is 1. The third-order valence-electron chi connectivity index (χ3n) is 7.90. The van der Waals surface area contributed by atoms with Crippen LogP contribution in [-0.2, 0) is 9.53 Å². The number of hydrogen-bond donors (Lipinski definition) is 3. The molecule has 0 bridgehead atoms. The number of aliphatic hydroxyl groups is 1. The van der Waals surface area contributed by atoms with Crippen LogP contribution in [0.25, 0.3) is 16.9 Å². The molecule has 4 aromatic heterocycles. The fraction of sp³-hybridized carbons (Fsp3) is 0.375. The minimum absolute atomic E-state index is 0.166. The monoisotopic (exact) mass is 614 g/mol. The van der Waals surface area contributed by atoms with E-state index in [1.165, 1.54) is 33.4 Å². The fourth-order valence-electron chi connectivity index (χ4n) is 5.15. The summed E-state index contributed by atoms with van der Waals surface area (Å²) in [6.45, 7) is 3.84. The lowest BCUT2D eigenvalue weighted by Crippen LogP contribution is -2.42. The van der Waals surface area contributed by atoms with E-state index in [4.69, 9.17) is 4.74 Å². The predicted molar refractivity (Wildman–Crippen MR) is 166 cm³/mol. The molecule has 5 rings (SSSR count). The van der Waals surface area contributed by atoms with Crippen molar-refractivity contribution in [3.05, 3.63) is 66.1 Å². The summed E-state index contributed by atoms with van der Waals surface area (Å²) >= 11 is 0. The van der Waals surface area contributed by atoms with Crippen LogP contribution in [0.5, 0.6) is 0 Å². The normalized spacial score (nSPS) is 14.5. The predicted octanol–water partition coefficient (Wildman–Crippen LogP) is 4.02. The van der Waals surface area contributed by atoms with Gasteiger partial charge >= 0.3 is 5.97 Å². The average Bonchev–Trinajstić information content (AvgIpc) is 3.47. The maximum absolute atomic E-state index is 14.4. The summed E-state index contributed by atoms with van der Waals surface area (Å²) in [7, 11) is 1.41. The van der Waals surface area contributed by atoms with Crippen LogP contribution in [-0.4, -0.2) is 75.1 Å². The van der Waals surface area contributed by atoms with E-state index in [0.717, 1.165) is 31.7 Å². The van der Waals surface area contributed by atoms with Gasteiger partial charge in [0, 0.05) is 25.7 Å². The maximum atomic E-state index is 14.4. The van der Waals surface area contributed by atoms with E-state index in [9.17, 15) is 24.3 Å². The quantitative estimate of drug-likeness (QED) is 0.223. The van der Waals surface area contributed by atoms with Gasteiger partial charge in [-0.15, -0.1) is 0 Å². The zero-order valence-electron chi connectivity index (χ0n) is 25.3. The Bertz CT molecular complexity index is 1720. The number of nitrogens with zero attached hydrogens (tertiary/aromatic N) is 6. The Hall–Kier alpha value is -5.09. The highest BCUT2D eigenvalue weighted by atomic mass is 19.1. The molecule has 234 valence electrons. The number of piperidine rings is 1. The number of rotatable bonds is 10. The molecule has 12 nitrogen and oxygen atoms in total. The zero-order valence-corrected chi connectivity index (χ0v) is 25.3. The number of methoxy groups -OCH3 is 1. The van der Waals surface area contributed by atoms with Crippen LogP contribution in [0.3, 0.4) is 0 Å². The molecule has 1 aliphatic rings. The second-order valence-electron chi connectivity index (χ2n) is 11.6. The molecule has 3 N–H and O–H groups in total. The van der Waals surface area contributed by atoms with Crippen LogP contribution in [0.4, 0.5) is 21.6 Å². The van der Waals surface area contributed by atoms with Gasteiger partial charge in [0.1, 0.15) is 18.1 Å². The first-order chi connectivity index (χ1) is 21.5. The molecule has 0 radical (unpaired) electrons. The summed E-state index contributed by atoms with van der Waals surface area (Å²) < 4.78 is 20.9. The lowest BCUT2D eigenvalue weighted by molar-refractivity contribution is -0.141.